The second-order valence-electron chi connectivity index (χ2n) is 7.26. The molecule has 1 N–H and O–H groups in total. The van der Waals surface area contributed by atoms with Crippen LogP contribution in [0.3, 0.4) is 0 Å². The number of nitrogens with one attached hydrogen (secondary N) is 1. The van der Waals surface area contributed by atoms with Crippen molar-refractivity contribution < 1.29 is 9.21 Å². The number of amides is 1. The Bertz CT molecular complexity index is 1220. The third-order valence-corrected chi connectivity index (χ3v) is 5.23. The van der Waals surface area contributed by atoms with Gasteiger partial charge in [0.15, 0.2) is 0 Å². The Morgan fingerprint density at radius 1 is 1.03 bits per heavy atom. The first kappa shape index (κ1) is 18.7. The lowest BCUT2D eigenvalue weighted by Gasteiger charge is -2.23. The average molecular weight is 386 g/mol. The number of aryl methyl sites for hydroxylation is 1. The summed E-state index contributed by atoms with van der Waals surface area (Å²) in [6.07, 6.45) is 0. The van der Waals surface area contributed by atoms with Crippen LogP contribution in [0.4, 0.5) is 0 Å². The van der Waals surface area contributed by atoms with Gasteiger partial charge < -0.3 is 14.3 Å². The molecule has 2 aromatic carbocycles. The zero-order chi connectivity index (χ0) is 20.5. The second-order valence-corrected chi connectivity index (χ2v) is 7.26. The molecule has 0 radical (unpaired) electrons. The Hall–Kier alpha value is -3.60. The smallest absolute Gasteiger partial charge is 0.261 e. The molecule has 146 valence electrons. The van der Waals surface area contributed by atoms with E-state index in [-0.39, 0.29) is 17.5 Å². The van der Waals surface area contributed by atoms with E-state index in [2.05, 4.69) is 4.98 Å². The Morgan fingerprint density at radius 3 is 2.55 bits per heavy atom. The van der Waals surface area contributed by atoms with Gasteiger partial charge in [-0.15, -0.1) is 0 Å². The molecular weight excluding hydrogens is 364 g/mol. The number of carbonyl (C=O) groups is 1. The molecule has 2 aromatic heterocycles. The maximum Gasteiger partial charge on any atom is 0.261 e. The maximum atomic E-state index is 13.0. The molecule has 5 heteroatoms. The number of H-pyrrole nitrogens is 1. The van der Waals surface area contributed by atoms with Gasteiger partial charge >= 0.3 is 0 Å². The van der Waals surface area contributed by atoms with Gasteiger partial charge in [0.25, 0.3) is 11.5 Å². The molecule has 4 rings (SSSR count). The van der Waals surface area contributed by atoms with E-state index in [1.807, 2.05) is 68.4 Å². The molecule has 29 heavy (non-hydrogen) atoms. The van der Waals surface area contributed by atoms with Crippen LogP contribution in [0.5, 0.6) is 0 Å². The van der Waals surface area contributed by atoms with Crippen molar-refractivity contribution in [1.29, 1.82) is 0 Å². The van der Waals surface area contributed by atoms with Crippen molar-refractivity contribution in [3.8, 4) is 11.3 Å². The Balaban J connectivity index is 1.60. The SMILES string of the molecule is Cc1cccc(-c2ccc(C(=O)N(C)C(C)c3cc4ccccc4o3)c(=O)[nH]2)c1. The van der Waals surface area contributed by atoms with Crippen LogP contribution >= 0.6 is 0 Å². The maximum absolute atomic E-state index is 13.0. The summed E-state index contributed by atoms with van der Waals surface area (Å²) < 4.78 is 5.88. The van der Waals surface area contributed by atoms with Crippen LogP contribution in [-0.2, 0) is 0 Å². The van der Waals surface area contributed by atoms with Crippen molar-refractivity contribution in [3.05, 3.63) is 94.0 Å². The third kappa shape index (κ3) is 3.59. The first-order chi connectivity index (χ1) is 13.9. The molecule has 0 aliphatic heterocycles. The van der Waals surface area contributed by atoms with Crippen molar-refractivity contribution in [1.82, 2.24) is 9.88 Å². The van der Waals surface area contributed by atoms with Crippen LogP contribution < -0.4 is 5.56 Å². The van der Waals surface area contributed by atoms with E-state index in [4.69, 9.17) is 4.42 Å². The van der Waals surface area contributed by atoms with Crippen molar-refractivity contribution in [2.24, 2.45) is 0 Å². The van der Waals surface area contributed by atoms with Crippen molar-refractivity contribution in [3.63, 3.8) is 0 Å². The minimum atomic E-state index is -0.405. The highest BCUT2D eigenvalue weighted by Gasteiger charge is 2.24. The van der Waals surface area contributed by atoms with Gasteiger partial charge in [-0.2, -0.15) is 0 Å². The minimum absolute atomic E-state index is 0.104. The lowest BCUT2D eigenvalue weighted by molar-refractivity contribution is 0.0725. The van der Waals surface area contributed by atoms with Gasteiger partial charge in [0.1, 0.15) is 16.9 Å². The molecule has 4 aromatic rings. The molecule has 0 saturated carbocycles. The number of rotatable bonds is 4. The number of nitrogens with zero attached hydrogens (tertiary/aromatic N) is 1. The van der Waals surface area contributed by atoms with Crippen LogP contribution in [-0.4, -0.2) is 22.8 Å². The number of benzene rings is 2. The van der Waals surface area contributed by atoms with Gasteiger partial charge in [-0.25, -0.2) is 0 Å². The summed E-state index contributed by atoms with van der Waals surface area (Å²) in [5.41, 5.74) is 3.16. The molecule has 1 amide bonds. The summed E-state index contributed by atoms with van der Waals surface area (Å²) in [6, 6.07) is 20.5. The third-order valence-electron chi connectivity index (χ3n) is 5.23. The van der Waals surface area contributed by atoms with Gasteiger partial charge in [0, 0.05) is 18.1 Å². The molecule has 0 saturated heterocycles. The Kier molecular flexibility index (Phi) is 4.80. The average Bonchev–Trinajstić information content (AvgIpc) is 3.16. The number of furan rings is 1. The first-order valence-electron chi connectivity index (χ1n) is 9.50. The lowest BCUT2D eigenvalue weighted by Crippen LogP contribution is -2.33. The second kappa shape index (κ2) is 7.43. The predicted molar refractivity (Wildman–Crippen MR) is 114 cm³/mol. The summed E-state index contributed by atoms with van der Waals surface area (Å²) in [6.45, 7) is 3.87. The fraction of sp³-hybridized carbons (Fsp3) is 0.167. The predicted octanol–water partition coefficient (Wildman–Crippen LogP) is 4.93. The summed E-state index contributed by atoms with van der Waals surface area (Å²) in [4.78, 5) is 29.9. The zero-order valence-electron chi connectivity index (χ0n) is 16.6. The summed E-state index contributed by atoms with van der Waals surface area (Å²) in [7, 11) is 1.67. The van der Waals surface area contributed by atoms with Crippen molar-refractivity contribution >= 4 is 16.9 Å². The van der Waals surface area contributed by atoms with E-state index in [0.29, 0.717) is 11.5 Å². The van der Waals surface area contributed by atoms with Crippen LogP contribution in [0.15, 0.2) is 75.9 Å². The van der Waals surface area contributed by atoms with Crippen molar-refractivity contribution in [2.45, 2.75) is 19.9 Å². The largest absolute Gasteiger partial charge is 0.459 e. The minimum Gasteiger partial charge on any atom is -0.459 e. The molecule has 1 unspecified atom stereocenters. The molecule has 0 fully saturated rings. The molecule has 1 atom stereocenters. The lowest BCUT2D eigenvalue weighted by atomic mass is 10.1. The first-order valence-corrected chi connectivity index (χ1v) is 9.50. The van der Waals surface area contributed by atoms with E-state index < -0.39 is 5.56 Å². The van der Waals surface area contributed by atoms with Crippen LogP contribution in [0, 0.1) is 6.92 Å². The van der Waals surface area contributed by atoms with Gasteiger partial charge in [-0.3, -0.25) is 9.59 Å². The number of aromatic nitrogens is 1. The number of aromatic amines is 1. The summed E-state index contributed by atoms with van der Waals surface area (Å²) in [5.74, 6) is 0.324. The molecule has 5 nitrogen and oxygen atoms in total. The van der Waals surface area contributed by atoms with E-state index in [0.717, 1.165) is 22.1 Å². The van der Waals surface area contributed by atoms with Gasteiger partial charge in [0.2, 0.25) is 0 Å². The van der Waals surface area contributed by atoms with Crippen LogP contribution in [0.1, 0.15) is 34.6 Å². The van der Waals surface area contributed by atoms with E-state index in [9.17, 15) is 9.59 Å². The number of para-hydroxylation sites is 1. The van der Waals surface area contributed by atoms with Crippen molar-refractivity contribution in [2.75, 3.05) is 7.05 Å². The monoisotopic (exact) mass is 386 g/mol. The van der Waals surface area contributed by atoms with Crippen LogP contribution in [0.2, 0.25) is 0 Å². The highest BCUT2D eigenvalue weighted by molar-refractivity contribution is 5.94. The fourth-order valence-electron chi connectivity index (χ4n) is 3.39. The molecule has 2 heterocycles. The van der Waals surface area contributed by atoms with E-state index >= 15 is 0 Å². The number of pyridine rings is 1. The molecule has 0 aliphatic rings. The molecule has 0 bridgehead atoms. The highest BCUT2D eigenvalue weighted by atomic mass is 16.3. The van der Waals surface area contributed by atoms with E-state index in [1.54, 1.807) is 19.2 Å². The summed E-state index contributed by atoms with van der Waals surface area (Å²) in [5, 5.41) is 0.982. The van der Waals surface area contributed by atoms with Gasteiger partial charge in [-0.05, 0) is 49.7 Å². The standard InChI is InChI=1S/C24H22N2O3/c1-15-7-6-9-17(13-15)20-12-11-19(23(27)25-20)24(28)26(3)16(2)22-14-18-8-4-5-10-21(18)29-22/h4-14,16H,1-3H3,(H,25,27). The fourth-order valence-corrected chi connectivity index (χ4v) is 3.39. The Morgan fingerprint density at radius 2 is 1.83 bits per heavy atom. The quantitative estimate of drug-likeness (QED) is 0.541. The van der Waals surface area contributed by atoms with Crippen LogP contribution in [0.25, 0.3) is 22.2 Å². The van der Waals surface area contributed by atoms with E-state index in [1.165, 1.54) is 4.90 Å². The molecular formula is C24H22N2O3. The highest BCUT2D eigenvalue weighted by Crippen LogP contribution is 2.27. The Labute approximate surface area is 168 Å². The molecule has 0 spiro atoms. The van der Waals surface area contributed by atoms with Gasteiger partial charge in [-0.1, -0.05) is 42.0 Å². The normalized spacial score (nSPS) is 12.1. The van der Waals surface area contributed by atoms with Gasteiger partial charge in [0.05, 0.1) is 6.04 Å². The topological polar surface area (TPSA) is 66.3 Å². The number of hydrogen-bond donors (Lipinski definition) is 1. The number of carbonyl (C=O) groups excluding carboxylic acids is 1. The number of fused-ring (bicyclic) bond motifs is 1. The zero-order valence-corrected chi connectivity index (χ0v) is 16.6. The number of hydrogen-bond acceptors (Lipinski definition) is 3. The summed E-state index contributed by atoms with van der Waals surface area (Å²) >= 11 is 0. The molecule has 0 aliphatic carbocycles.